The van der Waals surface area contributed by atoms with Crippen molar-refractivity contribution in [1.29, 1.82) is 0 Å². The van der Waals surface area contributed by atoms with Gasteiger partial charge < -0.3 is 10.1 Å². The highest BCUT2D eigenvalue weighted by Gasteiger charge is 2.08. The molecule has 0 fully saturated rings. The van der Waals surface area contributed by atoms with Crippen molar-refractivity contribution in [2.24, 2.45) is 0 Å². The molecule has 0 unspecified atom stereocenters. The number of nitrogens with one attached hydrogen (secondary N) is 2. The number of rotatable bonds is 5. The molecule has 0 radical (unpaired) electrons. The number of hydrogen-bond donors (Lipinski definition) is 2. The van der Waals surface area contributed by atoms with Crippen molar-refractivity contribution in [3.63, 3.8) is 0 Å². The van der Waals surface area contributed by atoms with E-state index >= 15 is 0 Å². The highest BCUT2D eigenvalue weighted by molar-refractivity contribution is 6.30. The first-order valence-corrected chi connectivity index (χ1v) is 7.75. The molecular weight excluding hydrogens is 326 g/mol. The molecule has 3 aromatic rings. The molecule has 1 heterocycles. The molecule has 1 aromatic heterocycles. The van der Waals surface area contributed by atoms with E-state index in [0.717, 1.165) is 22.5 Å². The molecule has 3 rings (SSSR count). The lowest BCUT2D eigenvalue weighted by Crippen LogP contribution is -2.03. The molecule has 122 valence electrons. The molecule has 0 bridgehead atoms. The zero-order valence-electron chi connectivity index (χ0n) is 13.0. The van der Waals surface area contributed by atoms with Gasteiger partial charge in [0.05, 0.1) is 24.6 Å². The lowest BCUT2D eigenvalue weighted by Gasteiger charge is -2.08. The van der Waals surface area contributed by atoms with Crippen LogP contribution in [0.1, 0.15) is 15.9 Å². The topological polar surface area (TPSA) is 67.0 Å². The quantitative estimate of drug-likeness (QED) is 0.685. The lowest BCUT2D eigenvalue weighted by molar-refractivity contribution is 0.0601. The number of nitrogens with zero attached hydrogens (tertiary/aromatic N) is 1. The molecule has 5 nitrogen and oxygen atoms in total. The number of halogens is 1. The minimum Gasteiger partial charge on any atom is -0.465 e. The highest BCUT2D eigenvalue weighted by atomic mass is 35.5. The predicted octanol–water partition coefficient (Wildman–Crippen LogP) is 4.13. The zero-order valence-corrected chi connectivity index (χ0v) is 13.8. The summed E-state index contributed by atoms with van der Waals surface area (Å²) in [5.74, 6) is -0.346. The number of hydrogen-bond acceptors (Lipinski definition) is 4. The van der Waals surface area contributed by atoms with Gasteiger partial charge in [0.25, 0.3) is 0 Å². The van der Waals surface area contributed by atoms with Gasteiger partial charge in [0.2, 0.25) is 0 Å². The third-order valence-corrected chi connectivity index (χ3v) is 3.89. The molecule has 0 aliphatic heterocycles. The second-order valence-corrected chi connectivity index (χ2v) is 5.64. The van der Waals surface area contributed by atoms with Crippen LogP contribution in [0.4, 0.5) is 5.69 Å². The van der Waals surface area contributed by atoms with Crippen LogP contribution in [0.5, 0.6) is 0 Å². The third-order valence-electron chi connectivity index (χ3n) is 3.64. The molecule has 0 atom stereocenters. The first kappa shape index (κ1) is 16.1. The standard InChI is InChI=1S/C18H16ClN3O2/c1-24-18(23)13-4-8-16(9-5-13)20-10-14-11-21-22-17(14)12-2-6-15(19)7-3-12/h2-9,11,20H,10H2,1H3,(H,21,22). The summed E-state index contributed by atoms with van der Waals surface area (Å²) in [6.07, 6.45) is 1.79. The number of carbonyl (C=O) groups is 1. The largest absolute Gasteiger partial charge is 0.465 e. The molecule has 24 heavy (non-hydrogen) atoms. The Balaban J connectivity index is 1.70. The fraction of sp³-hybridized carbons (Fsp3) is 0.111. The van der Waals surface area contributed by atoms with Gasteiger partial charge in [0.1, 0.15) is 0 Å². The summed E-state index contributed by atoms with van der Waals surface area (Å²) in [7, 11) is 1.37. The Morgan fingerprint density at radius 1 is 1.17 bits per heavy atom. The monoisotopic (exact) mass is 341 g/mol. The molecule has 6 heteroatoms. The Hall–Kier alpha value is -2.79. The van der Waals surface area contributed by atoms with Gasteiger partial charge in [-0.1, -0.05) is 23.7 Å². The van der Waals surface area contributed by atoms with Crippen LogP contribution in [-0.2, 0) is 11.3 Å². The SMILES string of the molecule is COC(=O)c1ccc(NCc2cn[nH]c2-c2ccc(Cl)cc2)cc1. The van der Waals surface area contributed by atoms with Crippen molar-refractivity contribution in [2.45, 2.75) is 6.54 Å². The average molecular weight is 342 g/mol. The van der Waals surface area contributed by atoms with Crippen molar-refractivity contribution in [3.8, 4) is 11.3 Å². The Bertz CT molecular complexity index is 826. The zero-order chi connectivity index (χ0) is 16.9. The van der Waals surface area contributed by atoms with Crippen LogP contribution < -0.4 is 5.32 Å². The number of carbonyl (C=O) groups excluding carboxylic acids is 1. The summed E-state index contributed by atoms with van der Waals surface area (Å²) in [4.78, 5) is 11.4. The van der Waals surface area contributed by atoms with E-state index in [9.17, 15) is 4.79 Å². The van der Waals surface area contributed by atoms with Gasteiger partial charge in [-0.25, -0.2) is 4.79 Å². The molecule has 0 aliphatic rings. The van der Waals surface area contributed by atoms with E-state index in [1.165, 1.54) is 7.11 Å². The molecule has 0 aliphatic carbocycles. The maximum absolute atomic E-state index is 11.4. The number of aromatic amines is 1. The van der Waals surface area contributed by atoms with Crippen molar-refractivity contribution in [3.05, 3.63) is 70.9 Å². The minimum atomic E-state index is -0.346. The summed E-state index contributed by atoms with van der Waals surface area (Å²) < 4.78 is 4.69. The number of methoxy groups -OCH3 is 1. The molecule has 0 saturated heterocycles. The van der Waals surface area contributed by atoms with E-state index in [1.54, 1.807) is 18.3 Å². The summed E-state index contributed by atoms with van der Waals surface area (Å²) in [6.45, 7) is 0.603. The summed E-state index contributed by atoms with van der Waals surface area (Å²) in [5, 5.41) is 11.1. The number of anilines is 1. The van der Waals surface area contributed by atoms with E-state index in [-0.39, 0.29) is 5.97 Å². The Labute approximate surface area is 144 Å². The number of esters is 1. The molecule has 2 N–H and O–H groups in total. The van der Waals surface area contributed by atoms with Gasteiger partial charge in [0.15, 0.2) is 0 Å². The molecule has 2 aromatic carbocycles. The number of H-pyrrole nitrogens is 1. The maximum atomic E-state index is 11.4. The number of benzene rings is 2. The fourth-order valence-electron chi connectivity index (χ4n) is 2.35. The molecule has 0 saturated carbocycles. The normalized spacial score (nSPS) is 10.4. The second kappa shape index (κ2) is 7.19. The van der Waals surface area contributed by atoms with Crippen molar-refractivity contribution >= 4 is 23.3 Å². The van der Waals surface area contributed by atoms with Gasteiger partial charge in [-0.15, -0.1) is 0 Å². The minimum absolute atomic E-state index is 0.346. The van der Waals surface area contributed by atoms with Gasteiger partial charge in [-0.3, -0.25) is 5.10 Å². The van der Waals surface area contributed by atoms with Crippen LogP contribution in [0.3, 0.4) is 0 Å². The van der Waals surface area contributed by atoms with Gasteiger partial charge in [-0.05, 0) is 42.0 Å². The number of ether oxygens (including phenoxy) is 1. The van der Waals surface area contributed by atoms with Gasteiger partial charge in [-0.2, -0.15) is 5.10 Å². The van der Waals surface area contributed by atoms with Crippen LogP contribution in [0.25, 0.3) is 11.3 Å². The van der Waals surface area contributed by atoms with Crippen LogP contribution in [0.2, 0.25) is 5.02 Å². The Kier molecular flexibility index (Phi) is 4.82. The van der Waals surface area contributed by atoms with Crippen LogP contribution in [0, 0.1) is 0 Å². The fourth-order valence-corrected chi connectivity index (χ4v) is 2.48. The van der Waals surface area contributed by atoms with Crippen molar-refractivity contribution in [1.82, 2.24) is 10.2 Å². The summed E-state index contributed by atoms with van der Waals surface area (Å²) >= 11 is 5.93. The second-order valence-electron chi connectivity index (χ2n) is 5.20. The third kappa shape index (κ3) is 3.58. The van der Waals surface area contributed by atoms with Gasteiger partial charge >= 0.3 is 5.97 Å². The number of aromatic nitrogens is 2. The Morgan fingerprint density at radius 2 is 1.88 bits per heavy atom. The predicted molar refractivity (Wildman–Crippen MR) is 94.1 cm³/mol. The first-order chi connectivity index (χ1) is 11.7. The highest BCUT2D eigenvalue weighted by Crippen LogP contribution is 2.23. The average Bonchev–Trinajstić information content (AvgIpc) is 3.09. The van der Waals surface area contributed by atoms with Crippen LogP contribution in [0.15, 0.2) is 54.7 Å². The van der Waals surface area contributed by atoms with E-state index in [2.05, 4.69) is 20.3 Å². The lowest BCUT2D eigenvalue weighted by atomic mass is 10.1. The van der Waals surface area contributed by atoms with Crippen molar-refractivity contribution in [2.75, 3.05) is 12.4 Å². The Morgan fingerprint density at radius 3 is 2.54 bits per heavy atom. The molecule has 0 amide bonds. The van der Waals surface area contributed by atoms with Crippen LogP contribution >= 0.6 is 11.6 Å². The van der Waals surface area contributed by atoms with E-state index < -0.39 is 0 Å². The van der Waals surface area contributed by atoms with Crippen LogP contribution in [-0.4, -0.2) is 23.3 Å². The van der Waals surface area contributed by atoms with Crippen molar-refractivity contribution < 1.29 is 9.53 Å². The van der Waals surface area contributed by atoms with E-state index in [1.807, 2.05) is 36.4 Å². The van der Waals surface area contributed by atoms with E-state index in [4.69, 9.17) is 11.6 Å². The molecule has 0 spiro atoms. The summed E-state index contributed by atoms with van der Waals surface area (Å²) in [6, 6.07) is 14.7. The molecular formula is C18H16ClN3O2. The maximum Gasteiger partial charge on any atom is 0.337 e. The first-order valence-electron chi connectivity index (χ1n) is 7.38. The summed E-state index contributed by atoms with van der Waals surface area (Å²) in [5.41, 5.74) is 4.44. The van der Waals surface area contributed by atoms with Gasteiger partial charge in [0, 0.05) is 22.8 Å². The van der Waals surface area contributed by atoms with E-state index in [0.29, 0.717) is 17.1 Å². The smallest absolute Gasteiger partial charge is 0.337 e.